The Morgan fingerprint density at radius 2 is 2.00 bits per heavy atom. The van der Waals surface area contributed by atoms with Crippen molar-refractivity contribution in [3.8, 4) is 0 Å². The van der Waals surface area contributed by atoms with E-state index in [9.17, 15) is 8.42 Å². The number of anilines is 1. The molecule has 2 N–H and O–H groups in total. The predicted octanol–water partition coefficient (Wildman–Crippen LogP) is 2.13. The fourth-order valence-corrected chi connectivity index (χ4v) is 4.93. The number of nitrogens with zero attached hydrogens (tertiary/aromatic N) is 1. The van der Waals surface area contributed by atoms with Crippen molar-refractivity contribution in [2.75, 3.05) is 10.8 Å². The number of fused-ring (bicyclic) bond motifs is 1. The summed E-state index contributed by atoms with van der Waals surface area (Å²) in [7, 11) is -3.17. The minimum atomic E-state index is -3.17. The van der Waals surface area contributed by atoms with Gasteiger partial charge < -0.3 is 5.73 Å². The summed E-state index contributed by atoms with van der Waals surface area (Å²) in [5.41, 5.74) is 8.81. The Morgan fingerprint density at radius 1 is 1.30 bits per heavy atom. The van der Waals surface area contributed by atoms with Gasteiger partial charge in [-0.15, -0.1) is 0 Å². The van der Waals surface area contributed by atoms with Crippen LogP contribution < -0.4 is 10.0 Å². The largest absolute Gasteiger partial charge is 0.322 e. The van der Waals surface area contributed by atoms with E-state index < -0.39 is 15.6 Å². The predicted molar refractivity (Wildman–Crippen MR) is 81.3 cm³/mol. The fraction of sp³-hybridized carbons (Fsp3) is 0.600. The van der Waals surface area contributed by atoms with Gasteiger partial charge in [0.1, 0.15) is 0 Å². The molecule has 5 heteroatoms. The third-order valence-corrected chi connectivity index (χ3v) is 6.46. The van der Waals surface area contributed by atoms with E-state index in [0.29, 0.717) is 6.54 Å². The van der Waals surface area contributed by atoms with Crippen LogP contribution in [0, 0.1) is 0 Å². The van der Waals surface area contributed by atoms with Crippen molar-refractivity contribution in [1.29, 1.82) is 0 Å². The number of hydrogen-bond acceptors (Lipinski definition) is 3. The van der Waals surface area contributed by atoms with E-state index >= 15 is 0 Å². The lowest BCUT2D eigenvalue weighted by Gasteiger charge is -2.34. The SMILES string of the molecule is CC(C)(N)c1cccc2c1CCCN2S(=O)(=O)C1CC1. The smallest absolute Gasteiger partial charge is 0.238 e. The summed E-state index contributed by atoms with van der Waals surface area (Å²) in [6.45, 7) is 4.54. The van der Waals surface area contributed by atoms with Crippen LogP contribution in [0.2, 0.25) is 0 Å². The molecule has 1 saturated carbocycles. The Kier molecular flexibility index (Phi) is 3.10. The highest BCUT2D eigenvalue weighted by atomic mass is 32.2. The topological polar surface area (TPSA) is 63.4 Å². The van der Waals surface area contributed by atoms with Gasteiger partial charge in [-0.2, -0.15) is 0 Å². The van der Waals surface area contributed by atoms with E-state index in [1.165, 1.54) is 0 Å². The van der Waals surface area contributed by atoms with E-state index in [-0.39, 0.29) is 5.25 Å². The number of benzene rings is 1. The molecular formula is C15H22N2O2S. The molecule has 1 aliphatic heterocycles. The molecule has 20 heavy (non-hydrogen) atoms. The van der Waals surface area contributed by atoms with Gasteiger partial charge in [0.05, 0.1) is 10.9 Å². The first kappa shape index (κ1) is 13.9. The van der Waals surface area contributed by atoms with Crippen molar-refractivity contribution in [3.63, 3.8) is 0 Å². The molecule has 1 aromatic rings. The second kappa shape index (κ2) is 4.46. The average Bonchev–Trinajstić information content (AvgIpc) is 3.20. The zero-order valence-electron chi connectivity index (χ0n) is 12.1. The highest BCUT2D eigenvalue weighted by Crippen LogP contribution is 2.39. The van der Waals surface area contributed by atoms with Crippen LogP contribution in [0.1, 0.15) is 44.2 Å². The quantitative estimate of drug-likeness (QED) is 0.929. The normalized spacial score (nSPS) is 19.9. The maximum atomic E-state index is 12.6. The molecule has 1 heterocycles. The summed E-state index contributed by atoms with van der Waals surface area (Å²) in [5.74, 6) is 0. The summed E-state index contributed by atoms with van der Waals surface area (Å²) in [4.78, 5) is 0. The van der Waals surface area contributed by atoms with Gasteiger partial charge in [0.15, 0.2) is 0 Å². The first-order valence-corrected chi connectivity index (χ1v) is 8.75. The number of hydrogen-bond donors (Lipinski definition) is 1. The van der Waals surface area contributed by atoms with Gasteiger partial charge in [-0.05, 0) is 56.7 Å². The van der Waals surface area contributed by atoms with E-state index in [4.69, 9.17) is 5.73 Å². The van der Waals surface area contributed by atoms with Crippen molar-refractivity contribution in [3.05, 3.63) is 29.3 Å². The molecule has 1 aromatic carbocycles. The van der Waals surface area contributed by atoms with Crippen molar-refractivity contribution in [2.24, 2.45) is 5.73 Å². The van der Waals surface area contributed by atoms with Crippen molar-refractivity contribution in [1.82, 2.24) is 0 Å². The van der Waals surface area contributed by atoms with E-state index in [2.05, 4.69) is 0 Å². The van der Waals surface area contributed by atoms with Crippen LogP contribution >= 0.6 is 0 Å². The zero-order valence-corrected chi connectivity index (χ0v) is 12.9. The molecule has 1 aliphatic carbocycles. The maximum Gasteiger partial charge on any atom is 0.238 e. The summed E-state index contributed by atoms with van der Waals surface area (Å²) >= 11 is 0. The maximum absolute atomic E-state index is 12.6. The standard InChI is InChI=1S/C15H22N2O2S/c1-15(2,16)13-6-3-7-14-12(13)5-4-10-17(14)20(18,19)11-8-9-11/h3,6-7,11H,4-5,8-10,16H2,1-2H3. The first-order valence-electron chi connectivity index (χ1n) is 7.24. The number of rotatable bonds is 3. The summed E-state index contributed by atoms with van der Waals surface area (Å²) < 4.78 is 26.8. The van der Waals surface area contributed by atoms with Crippen molar-refractivity contribution >= 4 is 15.7 Å². The van der Waals surface area contributed by atoms with Crippen LogP contribution in [0.4, 0.5) is 5.69 Å². The lowest BCUT2D eigenvalue weighted by molar-refractivity contribution is 0.542. The van der Waals surface area contributed by atoms with Gasteiger partial charge in [-0.3, -0.25) is 4.31 Å². The third kappa shape index (κ3) is 2.23. The average molecular weight is 294 g/mol. The van der Waals surface area contributed by atoms with E-state index in [1.807, 2.05) is 32.0 Å². The van der Waals surface area contributed by atoms with Crippen LogP contribution in [0.15, 0.2) is 18.2 Å². The van der Waals surface area contributed by atoms with Crippen LogP contribution in [0.3, 0.4) is 0 Å². The first-order chi connectivity index (χ1) is 9.32. The molecule has 0 radical (unpaired) electrons. The molecular weight excluding hydrogens is 272 g/mol. The van der Waals surface area contributed by atoms with Gasteiger partial charge >= 0.3 is 0 Å². The second-order valence-electron chi connectivity index (χ2n) is 6.44. The third-order valence-electron chi connectivity index (χ3n) is 4.15. The molecule has 0 spiro atoms. The van der Waals surface area contributed by atoms with Crippen LogP contribution in [0.25, 0.3) is 0 Å². The van der Waals surface area contributed by atoms with Gasteiger partial charge in [0.2, 0.25) is 10.0 Å². The molecule has 4 nitrogen and oxygen atoms in total. The molecule has 1 fully saturated rings. The van der Waals surface area contributed by atoms with Crippen molar-refractivity contribution < 1.29 is 8.42 Å². The Bertz CT molecular complexity index is 628. The molecule has 2 aliphatic rings. The van der Waals surface area contributed by atoms with Gasteiger partial charge in [-0.25, -0.2) is 8.42 Å². The lowest BCUT2D eigenvalue weighted by Crippen LogP contribution is -2.39. The van der Waals surface area contributed by atoms with Gasteiger partial charge in [0, 0.05) is 12.1 Å². The molecule has 0 bridgehead atoms. The highest BCUT2D eigenvalue weighted by molar-refractivity contribution is 7.93. The van der Waals surface area contributed by atoms with E-state index in [1.54, 1.807) is 4.31 Å². The van der Waals surface area contributed by atoms with Crippen LogP contribution in [-0.4, -0.2) is 20.2 Å². The number of nitrogens with two attached hydrogens (primary N) is 1. The number of sulfonamides is 1. The van der Waals surface area contributed by atoms with Crippen LogP contribution in [-0.2, 0) is 22.0 Å². The highest BCUT2D eigenvalue weighted by Gasteiger charge is 2.42. The Labute approximate surface area is 121 Å². The molecule has 3 rings (SSSR count). The molecule has 0 unspecified atom stereocenters. The second-order valence-corrected chi connectivity index (χ2v) is 8.58. The zero-order chi connectivity index (χ0) is 14.5. The Hall–Kier alpha value is -1.07. The van der Waals surface area contributed by atoms with Gasteiger partial charge in [0.25, 0.3) is 0 Å². The minimum Gasteiger partial charge on any atom is -0.322 e. The Morgan fingerprint density at radius 3 is 2.60 bits per heavy atom. The Balaban J connectivity index is 2.10. The molecule has 0 amide bonds. The fourth-order valence-electron chi connectivity index (χ4n) is 3.00. The molecule has 0 saturated heterocycles. The molecule has 0 atom stereocenters. The van der Waals surface area contributed by atoms with Crippen molar-refractivity contribution in [2.45, 2.75) is 50.3 Å². The molecule has 0 aromatic heterocycles. The monoisotopic (exact) mass is 294 g/mol. The van der Waals surface area contributed by atoms with Gasteiger partial charge in [-0.1, -0.05) is 12.1 Å². The molecule has 110 valence electrons. The van der Waals surface area contributed by atoms with Crippen LogP contribution in [0.5, 0.6) is 0 Å². The van der Waals surface area contributed by atoms with E-state index in [0.717, 1.165) is 42.5 Å². The summed E-state index contributed by atoms with van der Waals surface area (Å²) in [6, 6.07) is 5.86. The summed E-state index contributed by atoms with van der Waals surface area (Å²) in [5, 5.41) is -0.164. The lowest BCUT2D eigenvalue weighted by atomic mass is 9.87. The summed E-state index contributed by atoms with van der Waals surface area (Å²) in [6.07, 6.45) is 3.38. The minimum absolute atomic E-state index is 0.164.